The van der Waals surface area contributed by atoms with Crippen molar-refractivity contribution in [3.63, 3.8) is 0 Å². The number of hydrogen-bond acceptors (Lipinski definition) is 2. The molecular weight excluding hydrogens is 204 g/mol. The van der Waals surface area contributed by atoms with Crippen molar-refractivity contribution >= 4 is 11.8 Å². The van der Waals surface area contributed by atoms with Crippen molar-refractivity contribution in [2.45, 2.75) is 58.2 Å². The van der Waals surface area contributed by atoms with Gasteiger partial charge in [0, 0.05) is 18.5 Å². The minimum atomic E-state index is -0.264. The molecule has 0 aromatic rings. The van der Waals surface area contributed by atoms with Crippen LogP contribution in [0, 0.1) is 5.92 Å². The van der Waals surface area contributed by atoms with Crippen molar-refractivity contribution in [3.8, 4) is 0 Å². The fraction of sp³-hybridized carbons (Fsp3) is 0.833. The molecule has 1 aliphatic carbocycles. The Kier molecular flexibility index (Phi) is 2.91. The lowest BCUT2D eigenvalue weighted by molar-refractivity contribution is -0.137. The first kappa shape index (κ1) is 11.4. The maximum atomic E-state index is 12.3. The van der Waals surface area contributed by atoms with Crippen LogP contribution >= 0.6 is 0 Å². The minimum absolute atomic E-state index is 0.0104. The second kappa shape index (κ2) is 4.07. The Bertz CT molecular complexity index is 310. The van der Waals surface area contributed by atoms with Crippen LogP contribution in [0.1, 0.15) is 40.0 Å². The van der Waals surface area contributed by atoms with Gasteiger partial charge in [-0.2, -0.15) is 0 Å². The Balaban J connectivity index is 2.22. The Morgan fingerprint density at radius 2 is 1.94 bits per heavy atom. The zero-order chi connectivity index (χ0) is 11.9. The highest BCUT2D eigenvalue weighted by Gasteiger charge is 2.43. The van der Waals surface area contributed by atoms with Gasteiger partial charge in [0.15, 0.2) is 0 Å². The van der Waals surface area contributed by atoms with E-state index in [2.05, 4.69) is 5.32 Å². The van der Waals surface area contributed by atoms with E-state index in [-0.39, 0.29) is 29.9 Å². The van der Waals surface area contributed by atoms with Crippen molar-refractivity contribution in [2.24, 2.45) is 5.92 Å². The largest absolute Gasteiger partial charge is 0.344 e. The van der Waals surface area contributed by atoms with Gasteiger partial charge in [0.25, 0.3) is 0 Å². The molecular formula is C12H20N2O2. The van der Waals surface area contributed by atoms with Gasteiger partial charge in [-0.15, -0.1) is 0 Å². The van der Waals surface area contributed by atoms with Gasteiger partial charge in [0.2, 0.25) is 11.8 Å². The molecule has 0 aromatic heterocycles. The molecule has 1 aliphatic heterocycles. The van der Waals surface area contributed by atoms with Crippen molar-refractivity contribution in [3.05, 3.63) is 0 Å². The molecule has 2 rings (SSSR count). The van der Waals surface area contributed by atoms with Crippen LogP contribution in [0.3, 0.4) is 0 Å². The number of hydrogen-bond donors (Lipinski definition) is 1. The molecule has 2 fully saturated rings. The maximum Gasteiger partial charge on any atom is 0.245 e. The van der Waals surface area contributed by atoms with Gasteiger partial charge in [-0.3, -0.25) is 9.59 Å². The van der Waals surface area contributed by atoms with Crippen molar-refractivity contribution in [1.82, 2.24) is 10.2 Å². The molecule has 16 heavy (non-hydrogen) atoms. The van der Waals surface area contributed by atoms with E-state index in [9.17, 15) is 9.59 Å². The third kappa shape index (κ3) is 2.06. The molecule has 2 unspecified atom stereocenters. The van der Waals surface area contributed by atoms with Gasteiger partial charge in [0.1, 0.15) is 6.04 Å². The highest BCUT2D eigenvalue weighted by Crippen LogP contribution is 2.35. The molecule has 2 amide bonds. The fourth-order valence-electron chi connectivity index (χ4n) is 2.55. The van der Waals surface area contributed by atoms with E-state index < -0.39 is 0 Å². The van der Waals surface area contributed by atoms with E-state index in [1.165, 1.54) is 0 Å². The topological polar surface area (TPSA) is 49.4 Å². The molecule has 0 bridgehead atoms. The Morgan fingerprint density at radius 3 is 2.44 bits per heavy atom. The van der Waals surface area contributed by atoms with Crippen LogP contribution in [-0.2, 0) is 9.59 Å². The maximum absolute atomic E-state index is 12.3. The van der Waals surface area contributed by atoms with E-state index in [0.29, 0.717) is 12.3 Å². The van der Waals surface area contributed by atoms with E-state index in [0.717, 1.165) is 12.8 Å². The normalized spacial score (nSPS) is 31.6. The summed E-state index contributed by atoms with van der Waals surface area (Å²) in [5.41, 5.74) is 0. The van der Waals surface area contributed by atoms with Crippen molar-refractivity contribution < 1.29 is 9.59 Å². The molecule has 1 saturated heterocycles. The molecule has 90 valence electrons. The second-order valence-corrected chi connectivity index (χ2v) is 5.28. The van der Waals surface area contributed by atoms with Crippen LogP contribution in [-0.4, -0.2) is 34.8 Å². The van der Waals surface area contributed by atoms with Crippen LogP contribution in [0.15, 0.2) is 0 Å². The van der Waals surface area contributed by atoms with Crippen LogP contribution in [0.2, 0.25) is 0 Å². The number of rotatable bonds is 2. The number of carbonyl (C=O) groups excluding carboxylic acids is 2. The van der Waals surface area contributed by atoms with Crippen LogP contribution in [0.5, 0.6) is 0 Å². The van der Waals surface area contributed by atoms with Gasteiger partial charge >= 0.3 is 0 Å². The summed E-state index contributed by atoms with van der Waals surface area (Å²) in [7, 11) is 0. The van der Waals surface area contributed by atoms with Crippen molar-refractivity contribution in [1.29, 1.82) is 0 Å². The van der Waals surface area contributed by atoms with Crippen LogP contribution in [0.25, 0.3) is 0 Å². The number of nitrogens with one attached hydrogen (secondary N) is 1. The quantitative estimate of drug-likeness (QED) is 0.758. The van der Waals surface area contributed by atoms with E-state index in [1.807, 2.05) is 25.7 Å². The number of carbonyl (C=O) groups is 2. The summed E-state index contributed by atoms with van der Waals surface area (Å²) in [6.45, 7) is 5.97. The molecule has 4 nitrogen and oxygen atoms in total. The fourth-order valence-corrected chi connectivity index (χ4v) is 2.55. The SMILES string of the molecule is CC(C)N1C(=O)C(C2CC2)NC(=O)CC1C. The van der Waals surface area contributed by atoms with Crippen molar-refractivity contribution in [2.75, 3.05) is 0 Å². The molecule has 1 saturated carbocycles. The summed E-state index contributed by atoms with van der Waals surface area (Å²) in [4.78, 5) is 25.9. The predicted octanol–water partition coefficient (Wildman–Crippen LogP) is 0.910. The lowest BCUT2D eigenvalue weighted by atomic mass is 10.1. The third-order valence-corrected chi connectivity index (χ3v) is 3.44. The Hall–Kier alpha value is -1.06. The smallest absolute Gasteiger partial charge is 0.245 e. The third-order valence-electron chi connectivity index (χ3n) is 3.44. The standard InChI is InChI=1S/C12H20N2O2/c1-7(2)14-8(3)6-10(15)13-11(12(14)16)9-4-5-9/h7-9,11H,4-6H2,1-3H3,(H,13,15). The lowest BCUT2D eigenvalue weighted by Crippen LogP contribution is -2.50. The summed E-state index contributed by atoms with van der Waals surface area (Å²) in [5, 5.41) is 2.88. The molecule has 4 heteroatoms. The first-order chi connectivity index (χ1) is 7.50. The number of nitrogens with zero attached hydrogens (tertiary/aromatic N) is 1. The van der Waals surface area contributed by atoms with Crippen LogP contribution in [0.4, 0.5) is 0 Å². The first-order valence-electron chi connectivity index (χ1n) is 6.12. The lowest BCUT2D eigenvalue weighted by Gasteiger charge is -2.32. The minimum Gasteiger partial charge on any atom is -0.344 e. The summed E-state index contributed by atoms with van der Waals surface area (Å²) in [6, 6.07) is -0.0902. The van der Waals surface area contributed by atoms with E-state index >= 15 is 0 Å². The first-order valence-corrected chi connectivity index (χ1v) is 6.12. The molecule has 0 radical (unpaired) electrons. The van der Waals surface area contributed by atoms with Gasteiger partial charge < -0.3 is 10.2 Å². The molecule has 1 N–H and O–H groups in total. The zero-order valence-corrected chi connectivity index (χ0v) is 10.2. The molecule has 2 aliphatic rings. The van der Waals surface area contributed by atoms with Gasteiger partial charge in [0.05, 0.1) is 0 Å². The van der Waals surface area contributed by atoms with Gasteiger partial charge in [-0.25, -0.2) is 0 Å². The molecule has 0 aromatic carbocycles. The summed E-state index contributed by atoms with van der Waals surface area (Å²) < 4.78 is 0. The van der Waals surface area contributed by atoms with E-state index in [4.69, 9.17) is 0 Å². The predicted molar refractivity (Wildman–Crippen MR) is 60.7 cm³/mol. The van der Waals surface area contributed by atoms with Crippen LogP contribution < -0.4 is 5.32 Å². The second-order valence-electron chi connectivity index (χ2n) is 5.28. The highest BCUT2D eigenvalue weighted by atomic mass is 16.2. The monoisotopic (exact) mass is 224 g/mol. The Morgan fingerprint density at radius 1 is 1.31 bits per heavy atom. The Labute approximate surface area is 96.4 Å². The van der Waals surface area contributed by atoms with Gasteiger partial charge in [-0.05, 0) is 39.5 Å². The highest BCUT2D eigenvalue weighted by molar-refractivity contribution is 5.91. The average Bonchev–Trinajstić information content (AvgIpc) is 2.94. The molecule has 1 heterocycles. The summed E-state index contributed by atoms with van der Waals surface area (Å²) >= 11 is 0. The zero-order valence-electron chi connectivity index (χ0n) is 10.2. The molecule has 2 atom stereocenters. The van der Waals surface area contributed by atoms with Gasteiger partial charge in [-0.1, -0.05) is 0 Å². The molecule has 0 spiro atoms. The summed E-state index contributed by atoms with van der Waals surface area (Å²) in [5.74, 6) is 0.500. The number of amides is 2. The average molecular weight is 224 g/mol. The summed E-state index contributed by atoms with van der Waals surface area (Å²) in [6.07, 6.45) is 2.56. The van der Waals surface area contributed by atoms with E-state index in [1.54, 1.807) is 0 Å².